The second kappa shape index (κ2) is 30.4. The number of rotatable bonds is 28. The molecule has 2 heteroatoms. The molecule has 34 heavy (non-hydrogen) atoms. The highest BCUT2D eigenvalue weighted by atomic mass is 127. The first kappa shape index (κ1) is 37.3. The fourth-order valence-electron chi connectivity index (χ4n) is 5.58. The molecule has 0 radical (unpaired) electrons. The van der Waals surface area contributed by atoms with E-state index in [4.69, 9.17) is 0 Å². The predicted molar refractivity (Wildman–Crippen MR) is 160 cm³/mol. The topological polar surface area (TPSA) is 0 Å². The highest BCUT2D eigenvalue weighted by molar-refractivity contribution is 7.75. The zero-order valence-electron chi connectivity index (χ0n) is 24.6. The molecule has 0 aliphatic rings. The van der Waals surface area contributed by atoms with Crippen LogP contribution in [-0.4, -0.2) is 24.6 Å². The zero-order valence-corrected chi connectivity index (χ0v) is 27.7. The zero-order chi connectivity index (χ0) is 24.3. The SMILES string of the molecule is CCCCCCCCCCCCCC[P+](CCCCCC)(CCCCCC)CCCCCC.[I-]. The van der Waals surface area contributed by atoms with E-state index in [0.717, 1.165) is 0 Å². The van der Waals surface area contributed by atoms with E-state index in [1.807, 2.05) is 0 Å². The Kier molecular flexibility index (Phi) is 33.3. The number of halogens is 1. The summed E-state index contributed by atoms with van der Waals surface area (Å²) in [7, 11) is -0.697. The molecule has 0 spiro atoms. The van der Waals surface area contributed by atoms with Crippen LogP contribution in [0.2, 0.25) is 0 Å². The third kappa shape index (κ3) is 24.8. The standard InChI is InChI=1S/C32H68P.HI/c1-5-9-13-17-18-19-20-21-22-23-24-28-32-33(29-25-14-10-6-2,30-26-15-11-7-3)31-27-16-12-8-4;/h5-32H2,1-4H3;1H/q+1;/p-1. The third-order valence-electron chi connectivity index (χ3n) is 7.94. The van der Waals surface area contributed by atoms with Gasteiger partial charge in [-0.3, -0.25) is 0 Å². The Morgan fingerprint density at radius 3 is 0.676 bits per heavy atom. The third-order valence-corrected chi connectivity index (χ3v) is 13.0. The molecular weight excluding hydrogens is 542 g/mol. The van der Waals surface area contributed by atoms with Crippen molar-refractivity contribution in [1.29, 1.82) is 0 Å². The van der Waals surface area contributed by atoms with Gasteiger partial charge in [0.25, 0.3) is 0 Å². The van der Waals surface area contributed by atoms with E-state index >= 15 is 0 Å². The monoisotopic (exact) mass is 610 g/mol. The fourth-order valence-corrected chi connectivity index (χ4v) is 10.5. The van der Waals surface area contributed by atoms with Crippen LogP contribution >= 0.6 is 7.26 Å². The minimum atomic E-state index is -0.697. The van der Waals surface area contributed by atoms with Crippen molar-refractivity contribution in [3.8, 4) is 0 Å². The van der Waals surface area contributed by atoms with Gasteiger partial charge >= 0.3 is 0 Å². The summed E-state index contributed by atoms with van der Waals surface area (Å²) in [6, 6.07) is 0. The predicted octanol–water partition coefficient (Wildman–Crippen LogP) is 9.45. The minimum absolute atomic E-state index is 0. The van der Waals surface area contributed by atoms with Crippen LogP contribution in [0.3, 0.4) is 0 Å². The molecule has 0 unspecified atom stereocenters. The second-order valence-electron chi connectivity index (χ2n) is 11.3. The normalized spacial score (nSPS) is 11.6. The molecule has 0 rings (SSSR count). The van der Waals surface area contributed by atoms with E-state index < -0.39 is 7.26 Å². The van der Waals surface area contributed by atoms with Crippen LogP contribution in [0.4, 0.5) is 0 Å². The molecule has 0 nitrogen and oxygen atoms in total. The Balaban J connectivity index is 0. The minimum Gasteiger partial charge on any atom is -1.00 e. The first-order valence-corrected chi connectivity index (χ1v) is 18.6. The molecule has 0 heterocycles. The van der Waals surface area contributed by atoms with Crippen molar-refractivity contribution in [1.82, 2.24) is 0 Å². The van der Waals surface area contributed by atoms with Gasteiger partial charge in [0.2, 0.25) is 0 Å². The van der Waals surface area contributed by atoms with Gasteiger partial charge in [-0.05, 0) is 51.4 Å². The molecule has 0 saturated carbocycles. The highest BCUT2D eigenvalue weighted by Gasteiger charge is 2.34. The first-order chi connectivity index (χ1) is 16.2. The van der Waals surface area contributed by atoms with E-state index in [0.29, 0.717) is 0 Å². The molecule has 0 aromatic heterocycles. The van der Waals surface area contributed by atoms with Gasteiger partial charge in [0, 0.05) is 7.26 Å². The summed E-state index contributed by atoms with van der Waals surface area (Å²) >= 11 is 0. The molecule has 0 N–H and O–H groups in total. The summed E-state index contributed by atoms with van der Waals surface area (Å²) < 4.78 is 0. The molecule has 0 aliphatic heterocycles. The van der Waals surface area contributed by atoms with E-state index in [2.05, 4.69) is 27.7 Å². The van der Waals surface area contributed by atoms with Crippen LogP contribution < -0.4 is 24.0 Å². The lowest BCUT2D eigenvalue weighted by Gasteiger charge is -2.28. The smallest absolute Gasteiger partial charge is 0.0594 e. The number of hydrogen-bond acceptors (Lipinski definition) is 0. The molecule has 0 fully saturated rings. The summed E-state index contributed by atoms with van der Waals surface area (Å²) in [5.41, 5.74) is 0. The summed E-state index contributed by atoms with van der Waals surface area (Å²) in [6.45, 7) is 9.41. The van der Waals surface area contributed by atoms with Gasteiger partial charge in [0.1, 0.15) is 0 Å². The van der Waals surface area contributed by atoms with Crippen molar-refractivity contribution < 1.29 is 24.0 Å². The van der Waals surface area contributed by atoms with Crippen molar-refractivity contribution in [2.24, 2.45) is 0 Å². The van der Waals surface area contributed by atoms with Crippen molar-refractivity contribution in [2.45, 2.75) is 182 Å². The quantitative estimate of drug-likeness (QED) is 0.0470. The summed E-state index contributed by atoms with van der Waals surface area (Å²) in [4.78, 5) is 0. The molecule has 0 amide bonds. The van der Waals surface area contributed by atoms with Crippen molar-refractivity contribution in [3.63, 3.8) is 0 Å². The number of hydrogen-bond donors (Lipinski definition) is 0. The Bertz CT molecular complexity index is 326. The average Bonchev–Trinajstić information content (AvgIpc) is 2.83. The van der Waals surface area contributed by atoms with Crippen LogP contribution in [0, 0.1) is 0 Å². The number of unbranched alkanes of at least 4 members (excludes halogenated alkanes) is 20. The molecule has 0 aromatic carbocycles. The first-order valence-electron chi connectivity index (χ1n) is 16.1. The fraction of sp³-hybridized carbons (Fsp3) is 1.00. The van der Waals surface area contributed by atoms with Gasteiger partial charge in [-0.1, -0.05) is 130 Å². The molecule has 0 aromatic rings. The van der Waals surface area contributed by atoms with E-state index in [9.17, 15) is 0 Å². The summed E-state index contributed by atoms with van der Waals surface area (Å²) in [5.74, 6) is 0. The van der Waals surface area contributed by atoms with Gasteiger partial charge < -0.3 is 24.0 Å². The lowest BCUT2D eigenvalue weighted by molar-refractivity contribution is -0.00000755. The molecule has 0 bridgehead atoms. The van der Waals surface area contributed by atoms with Gasteiger partial charge in [-0.2, -0.15) is 0 Å². The Morgan fingerprint density at radius 1 is 0.265 bits per heavy atom. The van der Waals surface area contributed by atoms with Crippen LogP contribution in [-0.2, 0) is 0 Å². The molecular formula is C32H68IP. The van der Waals surface area contributed by atoms with Gasteiger partial charge in [0.15, 0.2) is 0 Å². The Labute approximate surface area is 236 Å². The average molecular weight is 611 g/mol. The summed E-state index contributed by atoms with van der Waals surface area (Å²) in [6.07, 6.45) is 42.1. The van der Waals surface area contributed by atoms with Crippen molar-refractivity contribution in [3.05, 3.63) is 0 Å². The van der Waals surface area contributed by atoms with E-state index in [-0.39, 0.29) is 24.0 Å². The maximum absolute atomic E-state index is 2.37. The maximum Gasteiger partial charge on any atom is 0.0594 e. The lowest BCUT2D eigenvalue weighted by Crippen LogP contribution is -3.00. The Hall–Kier alpha value is 1.16. The maximum atomic E-state index is 2.37. The van der Waals surface area contributed by atoms with Crippen LogP contribution in [0.25, 0.3) is 0 Å². The van der Waals surface area contributed by atoms with Crippen molar-refractivity contribution >= 4 is 7.26 Å². The van der Waals surface area contributed by atoms with Gasteiger partial charge in [0.05, 0.1) is 24.6 Å². The van der Waals surface area contributed by atoms with Gasteiger partial charge in [-0.25, -0.2) is 0 Å². The highest BCUT2D eigenvalue weighted by Crippen LogP contribution is 2.61. The van der Waals surface area contributed by atoms with Crippen molar-refractivity contribution in [2.75, 3.05) is 24.6 Å². The van der Waals surface area contributed by atoms with E-state index in [1.54, 1.807) is 50.3 Å². The van der Waals surface area contributed by atoms with Crippen LogP contribution in [0.5, 0.6) is 0 Å². The molecule has 0 aliphatic carbocycles. The molecule has 0 atom stereocenters. The van der Waals surface area contributed by atoms with Crippen LogP contribution in [0.15, 0.2) is 0 Å². The largest absolute Gasteiger partial charge is 1.00 e. The second-order valence-corrected chi connectivity index (χ2v) is 15.8. The van der Waals surface area contributed by atoms with Gasteiger partial charge in [-0.15, -0.1) is 0 Å². The van der Waals surface area contributed by atoms with Crippen LogP contribution in [0.1, 0.15) is 182 Å². The lowest BCUT2D eigenvalue weighted by atomic mass is 10.1. The Morgan fingerprint density at radius 2 is 0.441 bits per heavy atom. The molecule has 208 valence electrons. The molecule has 0 saturated heterocycles. The van der Waals surface area contributed by atoms with E-state index in [1.165, 1.54) is 128 Å². The summed E-state index contributed by atoms with van der Waals surface area (Å²) in [5, 5.41) is 0.